The van der Waals surface area contributed by atoms with E-state index in [4.69, 9.17) is 9.84 Å². The van der Waals surface area contributed by atoms with E-state index in [1.165, 1.54) is 18.2 Å². The molecule has 0 radical (unpaired) electrons. The van der Waals surface area contributed by atoms with Crippen molar-refractivity contribution in [1.29, 1.82) is 0 Å². The van der Waals surface area contributed by atoms with Gasteiger partial charge in [0.25, 0.3) is 0 Å². The molecule has 0 aliphatic heterocycles. The Morgan fingerprint density at radius 2 is 2.10 bits per heavy atom. The van der Waals surface area contributed by atoms with E-state index in [1.807, 2.05) is 24.3 Å². The highest BCUT2D eigenvalue weighted by atomic mass is 19.1. The van der Waals surface area contributed by atoms with Crippen LogP contribution in [0.1, 0.15) is 15.9 Å². The van der Waals surface area contributed by atoms with E-state index in [-0.39, 0.29) is 5.56 Å². The summed E-state index contributed by atoms with van der Waals surface area (Å²) in [6.07, 6.45) is 0. The minimum Gasteiger partial charge on any atom is -0.497 e. The molecule has 0 fully saturated rings. The summed E-state index contributed by atoms with van der Waals surface area (Å²) in [5.41, 5.74) is 1.17. The van der Waals surface area contributed by atoms with Gasteiger partial charge in [-0.3, -0.25) is 0 Å². The number of halogens is 1. The lowest BCUT2D eigenvalue weighted by Gasteiger charge is -2.08. The molecule has 2 aromatic rings. The topological polar surface area (TPSA) is 58.6 Å². The maximum Gasteiger partial charge on any atom is 0.338 e. The number of aromatic carboxylic acids is 1. The predicted molar refractivity (Wildman–Crippen MR) is 73.7 cm³/mol. The lowest BCUT2D eigenvalue weighted by molar-refractivity contribution is 0.0692. The van der Waals surface area contributed by atoms with Crippen LogP contribution in [0.15, 0.2) is 42.5 Å². The van der Waals surface area contributed by atoms with Gasteiger partial charge in [0.15, 0.2) is 0 Å². The number of benzene rings is 2. The summed E-state index contributed by atoms with van der Waals surface area (Å²) in [7, 11) is 1.59. The molecule has 0 saturated heterocycles. The molecular weight excluding hydrogens is 261 g/mol. The average Bonchev–Trinajstić information content (AvgIpc) is 2.45. The number of rotatable bonds is 5. The first-order valence-corrected chi connectivity index (χ1v) is 6.00. The number of carbonyl (C=O) groups is 1. The smallest absolute Gasteiger partial charge is 0.338 e. The molecule has 0 amide bonds. The molecule has 0 aliphatic carbocycles. The van der Waals surface area contributed by atoms with Crippen molar-refractivity contribution in [1.82, 2.24) is 0 Å². The second-order valence-corrected chi connectivity index (χ2v) is 4.20. The first kappa shape index (κ1) is 13.9. The highest BCUT2D eigenvalue weighted by Gasteiger charge is 2.10. The molecule has 104 valence electrons. The van der Waals surface area contributed by atoms with Gasteiger partial charge >= 0.3 is 5.97 Å². The van der Waals surface area contributed by atoms with Gasteiger partial charge in [0.2, 0.25) is 0 Å². The van der Waals surface area contributed by atoms with E-state index in [2.05, 4.69) is 5.32 Å². The fraction of sp³-hybridized carbons (Fsp3) is 0.133. The van der Waals surface area contributed by atoms with E-state index in [1.54, 1.807) is 7.11 Å². The normalized spacial score (nSPS) is 10.1. The van der Waals surface area contributed by atoms with E-state index < -0.39 is 11.8 Å². The Kier molecular flexibility index (Phi) is 4.20. The van der Waals surface area contributed by atoms with E-state index in [0.717, 1.165) is 11.3 Å². The molecule has 0 spiro atoms. The van der Waals surface area contributed by atoms with Crippen molar-refractivity contribution in [3.63, 3.8) is 0 Å². The zero-order chi connectivity index (χ0) is 14.5. The summed E-state index contributed by atoms with van der Waals surface area (Å²) >= 11 is 0. The largest absolute Gasteiger partial charge is 0.497 e. The van der Waals surface area contributed by atoms with Crippen molar-refractivity contribution in [2.24, 2.45) is 0 Å². The van der Waals surface area contributed by atoms with Crippen LogP contribution in [0.3, 0.4) is 0 Å². The molecule has 0 heterocycles. The summed E-state index contributed by atoms with van der Waals surface area (Å²) in [6.45, 7) is 0.489. The van der Waals surface area contributed by atoms with Crippen LogP contribution in [-0.2, 0) is 6.54 Å². The first-order chi connectivity index (χ1) is 9.60. The van der Waals surface area contributed by atoms with Gasteiger partial charge in [0.05, 0.1) is 12.7 Å². The molecule has 2 N–H and O–H groups in total. The van der Waals surface area contributed by atoms with Crippen LogP contribution in [0.5, 0.6) is 5.75 Å². The van der Waals surface area contributed by atoms with Gasteiger partial charge in [-0.25, -0.2) is 9.18 Å². The van der Waals surface area contributed by atoms with Gasteiger partial charge in [-0.15, -0.1) is 0 Å². The van der Waals surface area contributed by atoms with Crippen molar-refractivity contribution < 1.29 is 19.0 Å². The third-order valence-electron chi connectivity index (χ3n) is 2.83. The van der Waals surface area contributed by atoms with E-state index >= 15 is 0 Å². The fourth-order valence-electron chi connectivity index (χ4n) is 1.79. The summed E-state index contributed by atoms with van der Waals surface area (Å²) in [5, 5.41) is 11.8. The maximum absolute atomic E-state index is 13.5. The van der Waals surface area contributed by atoms with Crippen molar-refractivity contribution in [2.45, 2.75) is 6.54 Å². The Bertz CT molecular complexity index is 628. The highest BCUT2D eigenvalue weighted by Crippen LogP contribution is 2.17. The summed E-state index contributed by atoms with van der Waals surface area (Å²) in [5.74, 6) is -1.29. The van der Waals surface area contributed by atoms with Gasteiger partial charge in [0, 0.05) is 12.2 Å². The molecule has 2 rings (SSSR count). The number of carboxylic acids is 1. The zero-order valence-corrected chi connectivity index (χ0v) is 10.9. The molecule has 0 aliphatic rings. The maximum atomic E-state index is 13.5. The second kappa shape index (κ2) is 6.06. The van der Waals surface area contributed by atoms with Gasteiger partial charge in [-0.1, -0.05) is 12.1 Å². The Balaban J connectivity index is 2.07. The third kappa shape index (κ3) is 3.26. The average molecular weight is 275 g/mol. The summed E-state index contributed by atoms with van der Waals surface area (Å²) in [6, 6.07) is 11.4. The van der Waals surface area contributed by atoms with Gasteiger partial charge in [-0.2, -0.15) is 0 Å². The fourth-order valence-corrected chi connectivity index (χ4v) is 1.79. The Hall–Kier alpha value is -2.56. The molecule has 5 heteroatoms. The van der Waals surface area contributed by atoms with Crippen LogP contribution in [0.4, 0.5) is 10.1 Å². The minimum atomic E-state index is -1.28. The first-order valence-electron chi connectivity index (χ1n) is 6.00. The number of nitrogens with one attached hydrogen (secondary N) is 1. The second-order valence-electron chi connectivity index (χ2n) is 4.20. The van der Waals surface area contributed by atoms with Gasteiger partial charge in [0.1, 0.15) is 11.6 Å². The highest BCUT2D eigenvalue weighted by molar-refractivity contribution is 5.88. The zero-order valence-electron chi connectivity index (χ0n) is 10.9. The van der Waals surface area contributed by atoms with Gasteiger partial charge in [-0.05, 0) is 35.9 Å². The number of hydrogen-bond donors (Lipinski definition) is 2. The van der Waals surface area contributed by atoms with Crippen LogP contribution >= 0.6 is 0 Å². The van der Waals surface area contributed by atoms with Crippen LogP contribution in [0, 0.1) is 5.82 Å². The third-order valence-corrected chi connectivity index (χ3v) is 2.83. The Labute approximate surface area is 115 Å². The molecule has 0 saturated carbocycles. The molecule has 20 heavy (non-hydrogen) atoms. The lowest BCUT2D eigenvalue weighted by Crippen LogP contribution is -2.03. The predicted octanol–water partition coefficient (Wildman–Crippen LogP) is 3.14. The summed E-state index contributed by atoms with van der Waals surface area (Å²) in [4.78, 5) is 10.7. The van der Waals surface area contributed by atoms with Crippen LogP contribution in [0.2, 0.25) is 0 Å². The molecule has 0 bridgehead atoms. The molecule has 4 nitrogen and oxygen atoms in total. The van der Waals surface area contributed by atoms with Crippen molar-refractivity contribution >= 4 is 11.7 Å². The standard InChI is InChI=1S/C15H14FNO3/c1-20-12-4-2-3-10(7-12)9-17-11-5-6-13(15(18)19)14(16)8-11/h2-8,17H,9H2,1H3,(H,18,19). The molecule has 0 aromatic heterocycles. The van der Waals surface area contributed by atoms with Crippen LogP contribution in [0.25, 0.3) is 0 Å². The molecule has 0 unspecified atom stereocenters. The Morgan fingerprint density at radius 3 is 2.75 bits per heavy atom. The SMILES string of the molecule is COc1cccc(CNc2ccc(C(=O)O)c(F)c2)c1. The van der Waals surface area contributed by atoms with Gasteiger partial charge < -0.3 is 15.2 Å². The Morgan fingerprint density at radius 1 is 1.30 bits per heavy atom. The van der Waals surface area contributed by atoms with E-state index in [9.17, 15) is 9.18 Å². The minimum absolute atomic E-state index is 0.336. The number of hydrogen-bond acceptors (Lipinski definition) is 3. The van der Waals surface area contributed by atoms with Crippen molar-refractivity contribution in [3.05, 3.63) is 59.4 Å². The number of methoxy groups -OCH3 is 1. The summed E-state index contributed by atoms with van der Waals surface area (Å²) < 4.78 is 18.6. The number of ether oxygens (including phenoxy) is 1. The lowest BCUT2D eigenvalue weighted by atomic mass is 10.1. The molecule has 0 atom stereocenters. The van der Waals surface area contributed by atoms with E-state index in [0.29, 0.717) is 12.2 Å². The number of anilines is 1. The van der Waals surface area contributed by atoms with Crippen molar-refractivity contribution in [2.75, 3.05) is 12.4 Å². The monoisotopic (exact) mass is 275 g/mol. The van der Waals surface area contributed by atoms with Crippen molar-refractivity contribution in [3.8, 4) is 5.75 Å². The molecule has 2 aromatic carbocycles. The molecular formula is C15H14FNO3. The number of carboxylic acid groups (broad SMARTS) is 1. The van der Waals surface area contributed by atoms with Crippen LogP contribution in [-0.4, -0.2) is 18.2 Å². The van der Waals surface area contributed by atoms with Crippen LogP contribution < -0.4 is 10.1 Å². The quantitative estimate of drug-likeness (QED) is 0.880.